The number of H-pyrrole nitrogens is 1. The summed E-state index contributed by atoms with van der Waals surface area (Å²) in [4.78, 5) is 36.3. The van der Waals surface area contributed by atoms with Crippen molar-refractivity contribution in [3.8, 4) is 0 Å². The summed E-state index contributed by atoms with van der Waals surface area (Å²) in [6.07, 6.45) is 1.28. The fourth-order valence-corrected chi connectivity index (χ4v) is 2.09. The standard InChI is InChI=1S/C15H13N3O4/c19-13-5-6-18(15(21)17-13)9-14(20)16-8-11-7-10-3-1-2-4-12(10)22-11/h1-7H,8-9H2,(H,16,20)(H,17,19,21). The predicted octanol–water partition coefficient (Wildman–Crippen LogP) is 0.599. The van der Waals surface area contributed by atoms with Crippen molar-refractivity contribution in [1.82, 2.24) is 14.9 Å². The number of furan rings is 1. The number of amides is 1. The number of aromatic nitrogens is 2. The molecular weight excluding hydrogens is 286 g/mol. The topological polar surface area (TPSA) is 97.1 Å². The molecule has 0 aliphatic rings. The van der Waals surface area contributed by atoms with Crippen molar-refractivity contribution >= 4 is 16.9 Å². The van der Waals surface area contributed by atoms with Crippen LogP contribution in [0.25, 0.3) is 11.0 Å². The van der Waals surface area contributed by atoms with E-state index in [1.807, 2.05) is 30.3 Å². The van der Waals surface area contributed by atoms with Crippen molar-refractivity contribution in [2.75, 3.05) is 0 Å². The molecule has 22 heavy (non-hydrogen) atoms. The smallest absolute Gasteiger partial charge is 0.328 e. The van der Waals surface area contributed by atoms with Crippen molar-refractivity contribution in [3.05, 3.63) is 69.2 Å². The zero-order chi connectivity index (χ0) is 15.5. The van der Waals surface area contributed by atoms with Gasteiger partial charge in [-0.2, -0.15) is 0 Å². The molecule has 0 fully saturated rings. The van der Waals surface area contributed by atoms with E-state index in [0.717, 1.165) is 15.5 Å². The van der Waals surface area contributed by atoms with Crippen molar-refractivity contribution in [2.45, 2.75) is 13.1 Å². The fourth-order valence-electron chi connectivity index (χ4n) is 2.09. The van der Waals surface area contributed by atoms with E-state index in [0.29, 0.717) is 5.76 Å². The van der Waals surface area contributed by atoms with Crippen molar-refractivity contribution < 1.29 is 9.21 Å². The Labute approximate surface area is 124 Å². The number of hydrogen-bond donors (Lipinski definition) is 2. The number of carbonyl (C=O) groups excluding carboxylic acids is 1. The maximum Gasteiger partial charge on any atom is 0.328 e. The number of rotatable bonds is 4. The first-order chi connectivity index (χ1) is 10.6. The summed E-state index contributed by atoms with van der Waals surface area (Å²) >= 11 is 0. The van der Waals surface area contributed by atoms with Gasteiger partial charge in [0.05, 0.1) is 6.54 Å². The summed E-state index contributed by atoms with van der Waals surface area (Å²) < 4.78 is 6.70. The van der Waals surface area contributed by atoms with E-state index < -0.39 is 11.2 Å². The molecule has 7 nitrogen and oxygen atoms in total. The van der Waals surface area contributed by atoms with Crippen LogP contribution in [-0.2, 0) is 17.9 Å². The Morgan fingerprint density at radius 2 is 2.05 bits per heavy atom. The highest BCUT2D eigenvalue weighted by Crippen LogP contribution is 2.18. The molecule has 0 radical (unpaired) electrons. The van der Waals surface area contributed by atoms with Gasteiger partial charge in [0.2, 0.25) is 5.91 Å². The highest BCUT2D eigenvalue weighted by molar-refractivity contribution is 5.78. The van der Waals surface area contributed by atoms with Gasteiger partial charge >= 0.3 is 5.69 Å². The molecule has 1 amide bonds. The first kappa shape index (κ1) is 13.9. The van der Waals surface area contributed by atoms with E-state index in [9.17, 15) is 14.4 Å². The number of carbonyl (C=O) groups is 1. The molecule has 2 N–H and O–H groups in total. The zero-order valence-electron chi connectivity index (χ0n) is 11.5. The van der Waals surface area contributed by atoms with Gasteiger partial charge in [0.15, 0.2) is 0 Å². The molecule has 2 aromatic heterocycles. The van der Waals surface area contributed by atoms with Crippen molar-refractivity contribution in [3.63, 3.8) is 0 Å². The van der Waals surface area contributed by atoms with Crippen molar-refractivity contribution in [2.24, 2.45) is 0 Å². The quantitative estimate of drug-likeness (QED) is 0.737. The van der Waals surface area contributed by atoms with Gasteiger partial charge in [-0.05, 0) is 12.1 Å². The number of para-hydroxylation sites is 1. The average molecular weight is 299 g/mol. The van der Waals surface area contributed by atoms with Crippen LogP contribution in [0, 0.1) is 0 Å². The van der Waals surface area contributed by atoms with Crippen molar-refractivity contribution in [1.29, 1.82) is 0 Å². The molecule has 0 aliphatic heterocycles. The molecule has 7 heteroatoms. The van der Waals surface area contributed by atoms with Crippen LogP contribution in [0.3, 0.4) is 0 Å². The lowest BCUT2D eigenvalue weighted by Gasteiger charge is -2.05. The third-order valence-electron chi connectivity index (χ3n) is 3.15. The lowest BCUT2D eigenvalue weighted by Crippen LogP contribution is -2.35. The van der Waals surface area contributed by atoms with Gasteiger partial charge in [-0.25, -0.2) is 4.79 Å². The second kappa shape index (κ2) is 5.72. The summed E-state index contributed by atoms with van der Waals surface area (Å²) in [5.41, 5.74) is -0.362. The van der Waals surface area contributed by atoms with Crippen LogP contribution in [0.2, 0.25) is 0 Å². The maximum absolute atomic E-state index is 11.8. The van der Waals surface area contributed by atoms with Gasteiger partial charge in [0, 0.05) is 17.6 Å². The number of aromatic amines is 1. The first-order valence-corrected chi connectivity index (χ1v) is 6.66. The molecule has 0 atom stereocenters. The minimum Gasteiger partial charge on any atom is -0.459 e. The Balaban J connectivity index is 1.64. The summed E-state index contributed by atoms with van der Waals surface area (Å²) in [6.45, 7) is 0.0570. The molecule has 2 heterocycles. The summed E-state index contributed by atoms with van der Waals surface area (Å²) in [5, 5.41) is 3.63. The number of hydrogen-bond acceptors (Lipinski definition) is 4. The van der Waals surface area contributed by atoms with Crippen LogP contribution >= 0.6 is 0 Å². The predicted molar refractivity (Wildman–Crippen MR) is 79.4 cm³/mol. The molecular formula is C15H13N3O4. The highest BCUT2D eigenvalue weighted by atomic mass is 16.3. The molecule has 3 rings (SSSR count). The van der Waals surface area contributed by atoms with Crippen LogP contribution < -0.4 is 16.6 Å². The SMILES string of the molecule is O=C(Cn1ccc(=O)[nH]c1=O)NCc1cc2ccccc2o1. The molecule has 0 unspecified atom stereocenters. The second-order valence-corrected chi connectivity index (χ2v) is 4.77. The normalized spacial score (nSPS) is 10.7. The Morgan fingerprint density at radius 3 is 2.82 bits per heavy atom. The number of nitrogens with zero attached hydrogens (tertiary/aromatic N) is 1. The maximum atomic E-state index is 11.8. The zero-order valence-corrected chi connectivity index (χ0v) is 11.5. The molecule has 0 saturated carbocycles. The Kier molecular flexibility index (Phi) is 3.61. The highest BCUT2D eigenvalue weighted by Gasteiger charge is 2.07. The van der Waals surface area contributed by atoms with E-state index in [-0.39, 0.29) is 19.0 Å². The number of nitrogens with one attached hydrogen (secondary N) is 2. The average Bonchev–Trinajstić information content (AvgIpc) is 2.91. The molecule has 0 saturated heterocycles. The third-order valence-corrected chi connectivity index (χ3v) is 3.15. The molecule has 3 aromatic rings. The van der Waals surface area contributed by atoms with Crippen LogP contribution in [0.4, 0.5) is 0 Å². The molecule has 1 aromatic carbocycles. The van der Waals surface area contributed by atoms with Crippen LogP contribution in [0.1, 0.15) is 5.76 Å². The fraction of sp³-hybridized carbons (Fsp3) is 0.133. The first-order valence-electron chi connectivity index (χ1n) is 6.66. The van der Waals surface area contributed by atoms with E-state index in [1.54, 1.807) is 0 Å². The van der Waals surface area contributed by atoms with E-state index in [1.165, 1.54) is 12.3 Å². The van der Waals surface area contributed by atoms with E-state index >= 15 is 0 Å². The minimum absolute atomic E-state index is 0.171. The van der Waals surface area contributed by atoms with Crippen LogP contribution in [-0.4, -0.2) is 15.5 Å². The Bertz CT molecular complexity index is 902. The van der Waals surface area contributed by atoms with Crippen LogP contribution in [0.15, 0.2) is 56.6 Å². The Morgan fingerprint density at radius 1 is 1.23 bits per heavy atom. The molecule has 0 bridgehead atoms. The lowest BCUT2D eigenvalue weighted by molar-refractivity contribution is -0.122. The Hall–Kier alpha value is -3.09. The number of benzene rings is 1. The van der Waals surface area contributed by atoms with E-state index in [2.05, 4.69) is 10.3 Å². The monoisotopic (exact) mass is 299 g/mol. The third kappa shape index (κ3) is 2.98. The van der Waals surface area contributed by atoms with Gasteiger partial charge in [0.25, 0.3) is 5.56 Å². The molecule has 0 spiro atoms. The minimum atomic E-state index is -0.619. The van der Waals surface area contributed by atoms with Gasteiger partial charge < -0.3 is 9.73 Å². The van der Waals surface area contributed by atoms with Crippen LogP contribution in [0.5, 0.6) is 0 Å². The van der Waals surface area contributed by atoms with E-state index in [4.69, 9.17) is 4.42 Å². The van der Waals surface area contributed by atoms with Gasteiger partial charge in [0.1, 0.15) is 17.9 Å². The largest absolute Gasteiger partial charge is 0.459 e. The summed E-state index contributed by atoms with van der Waals surface area (Å²) in [5.74, 6) is 0.276. The summed E-state index contributed by atoms with van der Waals surface area (Å²) in [6, 6.07) is 10.6. The van der Waals surface area contributed by atoms with Gasteiger partial charge in [-0.15, -0.1) is 0 Å². The summed E-state index contributed by atoms with van der Waals surface area (Å²) in [7, 11) is 0. The second-order valence-electron chi connectivity index (χ2n) is 4.77. The number of fused-ring (bicyclic) bond motifs is 1. The molecule has 112 valence electrons. The molecule has 0 aliphatic carbocycles. The van der Waals surface area contributed by atoms with Gasteiger partial charge in [-0.1, -0.05) is 18.2 Å². The van der Waals surface area contributed by atoms with Gasteiger partial charge in [-0.3, -0.25) is 19.1 Å². The lowest BCUT2D eigenvalue weighted by atomic mass is 10.2.